The molecule has 1 aromatic heterocycles. The van der Waals surface area contributed by atoms with Crippen LogP contribution in [0.1, 0.15) is 24.3 Å². The molecule has 3 rings (SSSR count). The molecule has 2 aromatic carbocycles. The van der Waals surface area contributed by atoms with Crippen molar-refractivity contribution in [3.8, 4) is 5.75 Å². The van der Waals surface area contributed by atoms with Gasteiger partial charge < -0.3 is 15.0 Å². The Morgan fingerprint density at radius 1 is 1.13 bits per heavy atom. The van der Waals surface area contributed by atoms with E-state index in [-0.39, 0.29) is 29.8 Å². The summed E-state index contributed by atoms with van der Waals surface area (Å²) in [6.07, 6.45) is 1.58. The van der Waals surface area contributed by atoms with E-state index in [2.05, 4.69) is 29.2 Å². The molecule has 0 atom stereocenters. The minimum absolute atomic E-state index is 0.0588. The van der Waals surface area contributed by atoms with Gasteiger partial charge in [-0.3, -0.25) is 14.9 Å². The molecule has 0 saturated carbocycles. The van der Waals surface area contributed by atoms with E-state index < -0.39 is 4.92 Å². The van der Waals surface area contributed by atoms with E-state index in [1.165, 1.54) is 16.8 Å². The number of ether oxygens (including phenoxy) is 1. The zero-order valence-electron chi connectivity index (χ0n) is 16.8. The van der Waals surface area contributed by atoms with Gasteiger partial charge in [0, 0.05) is 36.7 Å². The molecule has 1 N–H and O–H groups in total. The summed E-state index contributed by atoms with van der Waals surface area (Å²) in [6.45, 7) is 5.95. The number of carbonyl (C=O) groups is 1. The molecule has 9 nitrogen and oxygen atoms in total. The number of anilines is 2. The van der Waals surface area contributed by atoms with Gasteiger partial charge in [0.2, 0.25) is 0 Å². The summed E-state index contributed by atoms with van der Waals surface area (Å²) in [5.41, 5.74) is 1.85. The van der Waals surface area contributed by atoms with Crippen LogP contribution >= 0.6 is 0 Å². The molecule has 0 aliphatic heterocycles. The molecule has 0 spiro atoms. The van der Waals surface area contributed by atoms with Gasteiger partial charge in [-0.25, -0.2) is 4.68 Å². The zero-order valence-corrected chi connectivity index (χ0v) is 16.8. The first-order valence-corrected chi connectivity index (χ1v) is 9.57. The molecule has 0 bridgehead atoms. The maximum absolute atomic E-state index is 12.4. The molecule has 0 aliphatic carbocycles. The number of nitro benzene ring substituents is 1. The first kappa shape index (κ1) is 20.8. The highest BCUT2D eigenvalue weighted by Crippen LogP contribution is 2.26. The molecule has 0 fully saturated rings. The molecule has 156 valence electrons. The van der Waals surface area contributed by atoms with Crippen molar-refractivity contribution in [1.29, 1.82) is 0 Å². The predicted molar refractivity (Wildman–Crippen MR) is 114 cm³/mol. The number of hydrogen-bond acceptors (Lipinski definition) is 6. The molecular weight excluding hydrogens is 386 g/mol. The maximum Gasteiger partial charge on any atom is 0.311 e. The number of benzene rings is 2. The number of nitrogens with one attached hydrogen (secondary N) is 1. The number of para-hydroxylation sites is 2. The highest BCUT2D eigenvalue weighted by Gasteiger charge is 2.15. The van der Waals surface area contributed by atoms with Crippen LogP contribution in [0.5, 0.6) is 5.75 Å². The van der Waals surface area contributed by atoms with Gasteiger partial charge in [0.25, 0.3) is 5.91 Å². The van der Waals surface area contributed by atoms with Gasteiger partial charge in [-0.2, -0.15) is 5.10 Å². The Kier molecular flexibility index (Phi) is 6.63. The average molecular weight is 409 g/mol. The fourth-order valence-electron chi connectivity index (χ4n) is 2.96. The summed E-state index contributed by atoms with van der Waals surface area (Å²) < 4.78 is 6.87. The van der Waals surface area contributed by atoms with E-state index >= 15 is 0 Å². The molecule has 0 radical (unpaired) electrons. The second-order valence-corrected chi connectivity index (χ2v) is 6.41. The molecule has 0 saturated heterocycles. The number of hydrogen-bond donors (Lipinski definition) is 1. The van der Waals surface area contributed by atoms with E-state index in [1.54, 1.807) is 24.4 Å². The van der Waals surface area contributed by atoms with E-state index in [0.29, 0.717) is 5.69 Å². The lowest BCUT2D eigenvalue weighted by Crippen LogP contribution is -2.21. The van der Waals surface area contributed by atoms with Crippen molar-refractivity contribution >= 4 is 23.0 Å². The summed E-state index contributed by atoms with van der Waals surface area (Å²) >= 11 is 0. The second-order valence-electron chi connectivity index (χ2n) is 6.41. The van der Waals surface area contributed by atoms with E-state index in [4.69, 9.17) is 4.74 Å². The molecule has 3 aromatic rings. The van der Waals surface area contributed by atoms with E-state index in [1.807, 2.05) is 24.3 Å². The fraction of sp³-hybridized carbons (Fsp3) is 0.238. The van der Waals surface area contributed by atoms with Crippen molar-refractivity contribution < 1.29 is 14.5 Å². The molecule has 9 heteroatoms. The molecule has 0 unspecified atom stereocenters. The Balaban J connectivity index is 1.61. The summed E-state index contributed by atoms with van der Waals surface area (Å²) in [5.74, 6) is -0.215. The number of nitrogens with zero attached hydrogens (tertiary/aromatic N) is 4. The topological polar surface area (TPSA) is 103 Å². The number of nitro groups is 1. The lowest BCUT2D eigenvalue weighted by molar-refractivity contribution is -0.386. The first-order chi connectivity index (χ1) is 14.5. The van der Waals surface area contributed by atoms with Gasteiger partial charge in [-0.1, -0.05) is 12.1 Å². The van der Waals surface area contributed by atoms with Crippen molar-refractivity contribution in [2.24, 2.45) is 0 Å². The van der Waals surface area contributed by atoms with Crippen LogP contribution in [0.2, 0.25) is 0 Å². The maximum atomic E-state index is 12.4. The first-order valence-electron chi connectivity index (χ1n) is 9.57. The molecule has 30 heavy (non-hydrogen) atoms. The smallest absolute Gasteiger partial charge is 0.311 e. The molecule has 1 heterocycles. The van der Waals surface area contributed by atoms with Crippen LogP contribution in [0, 0.1) is 10.1 Å². The van der Waals surface area contributed by atoms with Gasteiger partial charge in [0.15, 0.2) is 18.2 Å². The zero-order chi connectivity index (χ0) is 21.5. The van der Waals surface area contributed by atoms with Gasteiger partial charge >= 0.3 is 5.69 Å². The van der Waals surface area contributed by atoms with Gasteiger partial charge in [-0.15, -0.1) is 0 Å². The third-order valence-corrected chi connectivity index (χ3v) is 4.54. The number of aromatic nitrogens is 2. The minimum atomic E-state index is -0.511. The Morgan fingerprint density at radius 2 is 1.83 bits per heavy atom. The summed E-state index contributed by atoms with van der Waals surface area (Å²) in [5, 5.41) is 18.0. The quantitative estimate of drug-likeness (QED) is 0.424. The lowest BCUT2D eigenvalue weighted by Gasteiger charge is -2.21. The van der Waals surface area contributed by atoms with Crippen molar-refractivity contribution in [3.05, 3.63) is 76.6 Å². The van der Waals surface area contributed by atoms with Gasteiger partial charge in [0.1, 0.15) is 0 Å². The largest absolute Gasteiger partial charge is 0.464 e. The fourth-order valence-corrected chi connectivity index (χ4v) is 2.96. The molecule has 1 amide bonds. The predicted octanol–water partition coefficient (Wildman–Crippen LogP) is 3.93. The number of amides is 1. The lowest BCUT2D eigenvalue weighted by atomic mass is 10.2. The monoisotopic (exact) mass is 409 g/mol. The van der Waals surface area contributed by atoms with Crippen molar-refractivity contribution in [3.63, 3.8) is 0 Å². The SMILES string of the molecule is CCN(CC)c1ccc(NC(=O)c2ccn(COc3ccccc3[N+](=O)[O-])n2)cc1. The van der Waals surface area contributed by atoms with Crippen LogP contribution < -0.4 is 15.0 Å². The third-order valence-electron chi connectivity index (χ3n) is 4.54. The summed E-state index contributed by atoms with van der Waals surface area (Å²) in [4.78, 5) is 25.2. The van der Waals surface area contributed by atoms with Crippen LogP contribution in [-0.4, -0.2) is 33.7 Å². The highest BCUT2D eigenvalue weighted by atomic mass is 16.6. The van der Waals surface area contributed by atoms with Crippen LogP contribution in [0.15, 0.2) is 60.8 Å². The number of carbonyl (C=O) groups excluding carboxylic acids is 1. The molecular formula is C21H23N5O4. The standard InChI is InChI=1S/C21H23N5O4/c1-3-24(4-2)17-11-9-16(10-12-17)22-21(27)18-13-14-25(23-18)15-30-20-8-6-5-7-19(20)26(28)29/h5-14H,3-4,15H2,1-2H3,(H,22,27). The van der Waals surface area contributed by atoms with Gasteiger partial charge in [-0.05, 0) is 50.2 Å². The Bertz CT molecular complexity index is 1010. The van der Waals surface area contributed by atoms with E-state index in [9.17, 15) is 14.9 Å². The molecule has 0 aliphatic rings. The van der Waals surface area contributed by atoms with Crippen LogP contribution in [0.25, 0.3) is 0 Å². The Hall–Kier alpha value is -3.88. The average Bonchev–Trinajstić information content (AvgIpc) is 3.24. The van der Waals surface area contributed by atoms with Crippen LogP contribution in [-0.2, 0) is 6.73 Å². The second kappa shape index (κ2) is 9.55. The third kappa shape index (κ3) is 4.93. The highest BCUT2D eigenvalue weighted by molar-refractivity contribution is 6.02. The van der Waals surface area contributed by atoms with Crippen LogP contribution in [0.4, 0.5) is 17.1 Å². The summed E-state index contributed by atoms with van der Waals surface area (Å²) in [6, 6.07) is 15.3. The van der Waals surface area contributed by atoms with Gasteiger partial charge in [0.05, 0.1) is 4.92 Å². The van der Waals surface area contributed by atoms with Crippen molar-refractivity contribution in [2.75, 3.05) is 23.3 Å². The van der Waals surface area contributed by atoms with Crippen molar-refractivity contribution in [2.45, 2.75) is 20.6 Å². The normalized spacial score (nSPS) is 10.5. The minimum Gasteiger partial charge on any atom is -0.464 e. The Morgan fingerprint density at radius 3 is 2.50 bits per heavy atom. The van der Waals surface area contributed by atoms with Crippen LogP contribution in [0.3, 0.4) is 0 Å². The Labute approximate surface area is 174 Å². The van der Waals surface area contributed by atoms with E-state index in [0.717, 1.165) is 18.8 Å². The number of rotatable bonds is 9. The summed E-state index contributed by atoms with van der Waals surface area (Å²) in [7, 11) is 0. The van der Waals surface area contributed by atoms with Crippen molar-refractivity contribution in [1.82, 2.24) is 9.78 Å².